The third-order valence-electron chi connectivity index (χ3n) is 3.43. The minimum atomic E-state index is -0.528. The van der Waals surface area contributed by atoms with E-state index in [1.54, 1.807) is 0 Å². The zero-order chi connectivity index (χ0) is 12.2. The normalized spacial score (nSPS) is 18.2. The highest BCUT2D eigenvalue weighted by Gasteiger charge is 2.46. The van der Waals surface area contributed by atoms with Gasteiger partial charge in [0.25, 0.3) is 0 Å². The van der Waals surface area contributed by atoms with Crippen LogP contribution in [0.5, 0.6) is 0 Å². The second-order valence-electron chi connectivity index (χ2n) is 5.96. The monoisotopic (exact) mass is 226 g/mol. The first-order chi connectivity index (χ1) is 7.40. The molecule has 1 rings (SSSR count). The Morgan fingerprint density at radius 2 is 2.00 bits per heavy atom. The number of unbranched alkanes of at least 4 members (excludes halogenated alkanes) is 2. The van der Waals surface area contributed by atoms with Crippen molar-refractivity contribution in [2.45, 2.75) is 64.8 Å². The number of hydrogen-bond acceptors (Lipinski definition) is 2. The molecule has 0 aromatic rings. The average molecular weight is 226 g/mol. The van der Waals surface area contributed by atoms with Crippen molar-refractivity contribution < 1.29 is 4.79 Å². The van der Waals surface area contributed by atoms with Crippen molar-refractivity contribution in [2.24, 2.45) is 11.1 Å². The zero-order valence-electron chi connectivity index (χ0n) is 10.9. The molecule has 0 aromatic carbocycles. The lowest BCUT2D eigenvalue weighted by Gasteiger charge is -2.25. The van der Waals surface area contributed by atoms with Crippen LogP contribution in [-0.2, 0) is 4.79 Å². The van der Waals surface area contributed by atoms with E-state index in [1.807, 2.05) is 0 Å². The lowest BCUT2D eigenvalue weighted by molar-refractivity contribution is -0.123. The van der Waals surface area contributed by atoms with Gasteiger partial charge in [-0.2, -0.15) is 0 Å². The zero-order valence-corrected chi connectivity index (χ0v) is 10.9. The Hall–Kier alpha value is -0.570. The summed E-state index contributed by atoms with van der Waals surface area (Å²) in [5.74, 6) is 0.0380. The number of carbonyl (C=O) groups excluding carboxylic acids is 1. The number of nitrogens with one attached hydrogen (secondary N) is 1. The molecular weight excluding hydrogens is 200 g/mol. The van der Waals surface area contributed by atoms with Crippen LogP contribution in [0.15, 0.2) is 0 Å². The molecule has 1 fully saturated rings. The van der Waals surface area contributed by atoms with Gasteiger partial charge in [0.05, 0.1) is 5.54 Å². The lowest BCUT2D eigenvalue weighted by Crippen LogP contribution is -2.45. The third kappa shape index (κ3) is 4.12. The van der Waals surface area contributed by atoms with E-state index in [-0.39, 0.29) is 11.3 Å². The van der Waals surface area contributed by atoms with Crippen molar-refractivity contribution in [2.75, 3.05) is 6.54 Å². The Morgan fingerprint density at radius 1 is 1.38 bits per heavy atom. The van der Waals surface area contributed by atoms with E-state index < -0.39 is 5.54 Å². The van der Waals surface area contributed by atoms with E-state index in [1.165, 1.54) is 25.7 Å². The molecule has 0 aliphatic heterocycles. The van der Waals surface area contributed by atoms with Gasteiger partial charge in [-0.1, -0.05) is 40.0 Å². The molecule has 3 heteroatoms. The number of hydrogen-bond donors (Lipinski definition) is 2. The summed E-state index contributed by atoms with van der Waals surface area (Å²) in [6.45, 7) is 7.37. The van der Waals surface area contributed by atoms with Crippen molar-refractivity contribution in [1.82, 2.24) is 5.32 Å². The maximum absolute atomic E-state index is 11.7. The fourth-order valence-electron chi connectivity index (χ4n) is 1.80. The molecule has 3 N–H and O–H groups in total. The minimum Gasteiger partial charge on any atom is -0.354 e. The highest BCUT2D eigenvalue weighted by atomic mass is 16.2. The van der Waals surface area contributed by atoms with Gasteiger partial charge in [-0.25, -0.2) is 0 Å². The fourth-order valence-corrected chi connectivity index (χ4v) is 1.80. The van der Waals surface area contributed by atoms with Crippen LogP contribution in [0.1, 0.15) is 59.3 Å². The average Bonchev–Trinajstić information content (AvgIpc) is 2.95. The van der Waals surface area contributed by atoms with Gasteiger partial charge >= 0.3 is 0 Å². The molecule has 0 atom stereocenters. The molecule has 94 valence electrons. The van der Waals surface area contributed by atoms with Gasteiger partial charge in [0.1, 0.15) is 0 Å². The predicted molar refractivity (Wildman–Crippen MR) is 67.1 cm³/mol. The van der Waals surface area contributed by atoms with Crippen LogP contribution in [0.25, 0.3) is 0 Å². The topological polar surface area (TPSA) is 55.1 Å². The van der Waals surface area contributed by atoms with Gasteiger partial charge in [-0.15, -0.1) is 0 Å². The molecule has 0 saturated heterocycles. The Kier molecular flexibility index (Phi) is 4.36. The van der Waals surface area contributed by atoms with Crippen LogP contribution in [0, 0.1) is 5.41 Å². The van der Waals surface area contributed by atoms with Gasteiger partial charge in [-0.05, 0) is 24.7 Å². The molecule has 0 spiro atoms. The smallest absolute Gasteiger partial charge is 0.240 e. The van der Waals surface area contributed by atoms with E-state index in [0.717, 1.165) is 19.4 Å². The maximum atomic E-state index is 11.7. The molecule has 0 unspecified atom stereocenters. The van der Waals surface area contributed by atoms with Gasteiger partial charge in [0.15, 0.2) is 0 Å². The maximum Gasteiger partial charge on any atom is 0.240 e. The largest absolute Gasteiger partial charge is 0.354 e. The molecular formula is C13H26N2O. The number of carbonyl (C=O) groups is 1. The SMILES string of the molecule is CCCCCC(C)(C)CNC(=O)C1(N)CC1. The summed E-state index contributed by atoms with van der Waals surface area (Å²) >= 11 is 0. The summed E-state index contributed by atoms with van der Waals surface area (Å²) in [7, 11) is 0. The summed E-state index contributed by atoms with van der Waals surface area (Å²) in [6, 6.07) is 0. The van der Waals surface area contributed by atoms with Crippen LogP contribution >= 0.6 is 0 Å². The summed E-state index contributed by atoms with van der Waals surface area (Å²) in [4.78, 5) is 11.7. The second-order valence-corrected chi connectivity index (χ2v) is 5.96. The minimum absolute atomic E-state index is 0.0380. The first-order valence-electron chi connectivity index (χ1n) is 6.47. The summed E-state index contributed by atoms with van der Waals surface area (Å²) in [5.41, 5.74) is 5.49. The highest BCUT2D eigenvalue weighted by Crippen LogP contribution is 2.32. The molecule has 1 aliphatic carbocycles. The molecule has 1 saturated carbocycles. The molecule has 0 aromatic heterocycles. The Balaban J connectivity index is 2.21. The highest BCUT2D eigenvalue weighted by molar-refractivity contribution is 5.88. The summed E-state index contributed by atoms with van der Waals surface area (Å²) in [5, 5.41) is 2.99. The summed E-state index contributed by atoms with van der Waals surface area (Å²) < 4.78 is 0. The molecule has 0 radical (unpaired) electrons. The van der Waals surface area contributed by atoms with Gasteiger partial charge < -0.3 is 11.1 Å². The summed E-state index contributed by atoms with van der Waals surface area (Å²) in [6.07, 6.45) is 6.61. The van der Waals surface area contributed by atoms with Crippen LogP contribution in [-0.4, -0.2) is 18.0 Å². The van der Waals surface area contributed by atoms with Gasteiger partial charge in [0, 0.05) is 6.54 Å². The van der Waals surface area contributed by atoms with Crippen molar-refractivity contribution in [3.8, 4) is 0 Å². The molecule has 16 heavy (non-hydrogen) atoms. The molecule has 1 amide bonds. The number of rotatable bonds is 7. The number of nitrogens with two attached hydrogens (primary N) is 1. The standard InChI is InChI=1S/C13H26N2O/c1-4-5-6-7-12(2,3)10-15-11(16)13(14)8-9-13/h4-10,14H2,1-3H3,(H,15,16). The van der Waals surface area contributed by atoms with E-state index in [9.17, 15) is 4.79 Å². The van der Waals surface area contributed by atoms with Crippen molar-refractivity contribution >= 4 is 5.91 Å². The molecule has 3 nitrogen and oxygen atoms in total. The van der Waals surface area contributed by atoms with Crippen molar-refractivity contribution in [1.29, 1.82) is 0 Å². The van der Waals surface area contributed by atoms with Gasteiger partial charge in [-0.3, -0.25) is 4.79 Å². The van der Waals surface area contributed by atoms with E-state index in [4.69, 9.17) is 5.73 Å². The van der Waals surface area contributed by atoms with Gasteiger partial charge in [0.2, 0.25) is 5.91 Å². The van der Waals surface area contributed by atoms with E-state index in [2.05, 4.69) is 26.1 Å². The first kappa shape index (κ1) is 13.5. The van der Waals surface area contributed by atoms with Crippen LogP contribution in [0.3, 0.4) is 0 Å². The Bertz CT molecular complexity index is 244. The Labute approximate surface area is 99.2 Å². The third-order valence-corrected chi connectivity index (χ3v) is 3.43. The van der Waals surface area contributed by atoms with E-state index in [0.29, 0.717) is 0 Å². The van der Waals surface area contributed by atoms with E-state index >= 15 is 0 Å². The Morgan fingerprint density at radius 3 is 2.50 bits per heavy atom. The van der Waals surface area contributed by atoms with Crippen LogP contribution in [0.2, 0.25) is 0 Å². The number of amides is 1. The van der Waals surface area contributed by atoms with Crippen LogP contribution in [0.4, 0.5) is 0 Å². The quantitative estimate of drug-likeness (QED) is 0.654. The van der Waals surface area contributed by atoms with Crippen molar-refractivity contribution in [3.63, 3.8) is 0 Å². The molecule has 0 heterocycles. The molecule has 1 aliphatic rings. The fraction of sp³-hybridized carbons (Fsp3) is 0.923. The predicted octanol–water partition coefficient (Wildman–Crippen LogP) is 2.20. The first-order valence-corrected chi connectivity index (χ1v) is 6.47. The van der Waals surface area contributed by atoms with Crippen molar-refractivity contribution in [3.05, 3.63) is 0 Å². The van der Waals surface area contributed by atoms with Crippen LogP contribution < -0.4 is 11.1 Å². The molecule has 0 bridgehead atoms. The second kappa shape index (κ2) is 5.17. The lowest BCUT2D eigenvalue weighted by atomic mass is 9.87.